The van der Waals surface area contributed by atoms with Gasteiger partial charge in [0.1, 0.15) is 5.76 Å². The van der Waals surface area contributed by atoms with Gasteiger partial charge in [-0.3, -0.25) is 9.59 Å². The van der Waals surface area contributed by atoms with E-state index in [-0.39, 0.29) is 23.6 Å². The van der Waals surface area contributed by atoms with Gasteiger partial charge in [-0.2, -0.15) is 5.10 Å². The number of hydrogen-bond donors (Lipinski definition) is 1. The maximum absolute atomic E-state index is 12.5. The number of nitrogens with zero attached hydrogens (tertiary/aromatic N) is 5. The van der Waals surface area contributed by atoms with E-state index in [1.807, 2.05) is 19.9 Å². The van der Waals surface area contributed by atoms with Crippen LogP contribution in [-0.4, -0.2) is 36.7 Å². The molecule has 5 rings (SSSR count). The van der Waals surface area contributed by atoms with Gasteiger partial charge in [-0.05, 0) is 64.5 Å². The van der Waals surface area contributed by atoms with E-state index in [0.29, 0.717) is 17.4 Å². The van der Waals surface area contributed by atoms with Gasteiger partial charge in [0.15, 0.2) is 11.5 Å². The van der Waals surface area contributed by atoms with E-state index >= 15 is 0 Å². The first-order valence-electron chi connectivity index (χ1n) is 10.9. The Hall–Kier alpha value is -3.23. The van der Waals surface area contributed by atoms with Gasteiger partial charge in [-0.25, -0.2) is 9.36 Å². The topological polar surface area (TPSA) is 108 Å². The van der Waals surface area contributed by atoms with Crippen LogP contribution in [-0.2, 0) is 0 Å². The monoisotopic (exact) mass is 422 g/mol. The van der Waals surface area contributed by atoms with Gasteiger partial charge in [0.25, 0.3) is 11.5 Å². The van der Waals surface area contributed by atoms with Crippen LogP contribution in [0.4, 0.5) is 0 Å². The Balaban J connectivity index is 1.24. The van der Waals surface area contributed by atoms with Crippen LogP contribution in [0.25, 0.3) is 5.82 Å². The fraction of sp³-hybridized carbons (Fsp3) is 0.500. The first-order valence-corrected chi connectivity index (χ1v) is 10.9. The predicted molar refractivity (Wildman–Crippen MR) is 112 cm³/mol. The number of hydrogen-bond acceptors (Lipinski definition) is 6. The Morgan fingerprint density at radius 3 is 2.52 bits per heavy atom. The molecule has 3 heterocycles. The number of rotatable bonds is 5. The van der Waals surface area contributed by atoms with Crippen molar-refractivity contribution < 1.29 is 9.32 Å². The molecule has 162 valence electrons. The molecular formula is C22H26N6O3. The van der Waals surface area contributed by atoms with Crippen molar-refractivity contribution in [1.29, 1.82) is 0 Å². The summed E-state index contributed by atoms with van der Waals surface area (Å²) in [6.45, 7) is 3.90. The highest BCUT2D eigenvalue weighted by molar-refractivity contribution is 5.92. The highest BCUT2D eigenvalue weighted by Gasteiger charge is 2.30. The lowest BCUT2D eigenvalue weighted by atomic mass is 9.91. The van der Waals surface area contributed by atoms with Crippen LogP contribution in [0.15, 0.2) is 33.6 Å². The zero-order chi connectivity index (χ0) is 21.5. The van der Waals surface area contributed by atoms with Gasteiger partial charge in [0.05, 0.1) is 11.7 Å². The highest BCUT2D eigenvalue weighted by Crippen LogP contribution is 2.40. The summed E-state index contributed by atoms with van der Waals surface area (Å²) < 4.78 is 8.61. The molecule has 3 aromatic heterocycles. The Bertz CT molecular complexity index is 1160. The standard InChI is InChI=1S/C22H26N6O3/c1-13-11-14(2)27(24-13)20-9-10-21(29)28(25-20)17-7-5-16(6-8-17)23-22(30)18-12-19(31-26-18)15-3-4-15/h9-12,15-17H,3-8H2,1-2H3,(H,23,30). The van der Waals surface area contributed by atoms with Gasteiger partial charge in [-0.1, -0.05) is 5.16 Å². The summed E-state index contributed by atoms with van der Waals surface area (Å²) in [6, 6.07) is 7.05. The second-order valence-corrected chi connectivity index (χ2v) is 8.68. The zero-order valence-electron chi connectivity index (χ0n) is 17.7. The van der Waals surface area contributed by atoms with Crippen molar-refractivity contribution in [2.24, 2.45) is 0 Å². The molecule has 2 aliphatic carbocycles. The zero-order valence-corrected chi connectivity index (χ0v) is 17.7. The van der Waals surface area contributed by atoms with Crippen molar-refractivity contribution in [3.05, 3.63) is 57.5 Å². The van der Waals surface area contributed by atoms with Crippen molar-refractivity contribution >= 4 is 5.91 Å². The molecule has 0 bridgehead atoms. The predicted octanol–water partition coefficient (Wildman–Crippen LogP) is 2.82. The van der Waals surface area contributed by atoms with Crippen LogP contribution < -0.4 is 10.9 Å². The van der Waals surface area contributed by atoms with Crippen LogP contribution >= 0.6 is 0 Å². The Morgan fingerprint density at radius 2 is 1.84 bits per heavy atom. The molecule has 0 spiro atoms. The molecule has 0 saturated heterocycles. The fourth-order valence-corrected chi connectivity index (χ4v) is 4.33. The molecule has 0 aromatic carbocycles. The number of aryl methyl sites for hydroxylation is 2. The average molecular weight is 422 g/mol. The largest absolute Gasteiger partial charge is 0.360 e. The SMILES string of the molecule is Cc1cc(C)n(-c2ccc(=O)n(C3CCC(NC(=O)c4cc(C5CC5)on4)CC3)n2)n1. The normalized spacial score (nSPS) is 21.2. The number of carbonyl (C=O) groups excluding carboxylic acids is 1. The smallest absolute Gasteiger partial charge is 0.273 e. The third-order valence-corrected chi connectivity index (χ3v) is 6.16. The number of carbonyl (C=O) groups is 1. The van der Waals surface area contributed by atoms with E-state index in [9.17, 15) is 9.59 Å². The highest BCUT2D eigenvalue weighted by atomic mass is 16.5. The summed E-state index contributed by atoms with van der Waals surface area (Å²) in [7, 11) is 0. The number of nitrogens with one attached hydrogen (secondary N) is 1. The summed E-state index contributed by atoms with van der Waals surface area (Å²) in [4.78, 5) is 25.0. The molecule has 31 heavy (non-hydrogen) atoms. The van der Waals surface area contributed by atoms with E-state index in [1.54, 1.807) is 27.6 Å². The molecule has 0 radical (unpaired) electrons. The molecule has 3 aromatic rings. The summed E-state index contributed by atoms with van der Waals surface area (Å²) in [6.07, 6.45) is 5.31. The minimum absolute atomic E-state index is 0.00564. The van der Waals surface area contributed by atoms with E-state index < -0.39 is 0 Å². The van der Waals surface area contributed by atoms with Crippen molar-refractivity contribution in [3.8, 4) is 5.82 Å². The van der Waals surface area contributed by atoms with Gasteiger partial charge >= 0.3 is 0 Å². The third-order valence-electron chi connectivity index (χ3n) is 6.16. The summed E-state index contributed by atoms with van der Waals surface area (Å²) in [5.74, 6) is 1.68. The number of amides is 1. The molecule has 2 fully saturated rings. The third kappa shape index (κ3) is 4.04. The van der Waals surface area contributed by atoms with Gasteiger partial charge in [0.2, 0.25) is 0 Å². The minimum atomic E-state index is -0.194. The summed E-state index contributed by atoms with van der Waals surface area (Å²) in [5, 5.41) is 16.0. The Labute approximate surface area is 179 Å². The van der Waals surface area contributed by atoms with Crippen molar-refractivity contribution in [1.82, 2.24) is 30.0 Å². The molecular weight excluding hydrogens is 396 g/mol. The molecule has 2 saturated carbocycles. The molecule has 1 amide bonds. The molecule has 0 unspecified atom stereocenters. The summed E-state index contributed by atoms with van der Waals surface area (Å²) >= 11 is 0. The van der Waals surface area contributed by atoms with Crippen LogP contribution in [0.1, 0.15) is 78.1 Å². The van der Waals surface area contributed by atoms with E-state index in [0.717, 1.165) is 55.7 Å². The van der Waals surface area contributed by atoms with E-state index in [1.165, 1.54) is 0 Å². The van der Waals surface area contributed by atoms with Crippen molar-refractivity contribution in [2.45, 2.75) is 70.4 Å². The number of aromatic nitrogens is 5. The van der Waals surface area contributed by atoms with Crippen LogP contribution in [0, 0.1) is 13.8 Å². The van der Waals surface area contributed by atoms with Crippen LogP contribution in [0.5, 0.6) is 0 Å². The lowest BCUT2D eigenvalue weighted by molar-refractivity contribution is 0.0912. The van der Waals surface area contributed by atoms with E-state index in [4.69, 9.17) is 4.52 Å². The summed E-state index contributed by atoms with van der Waals surface area (Å²) in [5.41, 5.74) is 2.11. The second kappa shape index (κ2) is 7.79. The first-order chi connectivity index (χ1) is 15.0. The van der Waals surface area contributed by atoms with Crippen LogP contribution in [0.2, 0.25) is 0 Å². The molecule has 2 aliphatic rings. The quantitative estimate of drug-likeness (QED) is 0.677. The van der Waals surface area contributed by atoms with Gasteiger partial charge in [-0.15, -0.1) is 5.10 Å². The Kier molecular flexibility index (Phi) is 4.95. The van der Waals surface area contributed by atoms with Gasteiger partial charge in [0, 0.05) is 29.8 Å². The van der Waals surface area contributed by atoms with Crippen molar-refractivity contribution in [2.75, 3.05) is 0 Å². The first kappa shape index (κ1) is 19.7. The minimum Gasteiger partial charge on any atom is -0.360 e. The Morgan fingerprint density at radius 1 is 1.06 bits per heavy atom. The van der Waals surface area contributed by atoms with Crippen LogP contribution in [0.3, 0.4) is 0 Å². The maximum Gasteiger partial charge on any atom is 0.273 e. The second-order valence-electron chi connectivity index (χ2n) is 8.68. The lowest BCUT2D eigenvalue weighted by Gasteiger charge is -2.29. The molecule has 0 atom stereocenters. The molecule has 9 heteroatoms. The van der Waals surface area contributed by atoms with Gasteiger partial charge < -0.3 is 9.84 Å². The molecule has 1 N–H and O–H groups in total. The molecule has 9 nitrogen and oxygen atoms in total. The fourth-order valence-electron chi connectivity index (χ4n) is 4.33. The van der Waals surface area contributed by atoms with Crippen molar-refractivity contribution in [3.63, 3.8) is 0 Å². The maximum atomic E-state index is 12.5. The average Bonchev–Trinajstić information content (AvgIpc) is 3.38. The molecule has 0 aliphatic heterocycles. The van der Waals surface area contributed by atoms with E-state index in [2.05, 4.69) is 20.7 Å². The lowest BCUT2D eigenvalue weighted by Crippen LogP contribution is -2.39.